The molecule has 0 aliphatic heterocycles. The number of nitrogens with one attached hydrogen (secondary N) is 1. The summed E-state index contributed by atoms with van der Waals surface area (Å²) in [5, 5.41) is 7.31. The van der Waals surface area contributed by atoms with Gasteiger partial charge < -0.3 is 14.8 Å². The Balaban J connectivity index is 1.64. The van der Waals surface area contributed by atoms with E-state index in [0.717, 1.165) is 22.5 Å². The van der Waals surface area contributed by atoms with Crippen LogP contribution in [0.2, 0.25) is 0 Å². The highest BCUT2D eigenvalue weighted by Crippen LogP contribution is 2.23. The average molecular weight is 407 g/mol. The van der Waals surface area contributed by atoms with Gasteiger partial charge in [0, 0.05) is 7.11 Å². The Kier molecular flexibility index (Phi) is 6.64. The largest absolute Gasteiger partial charge is 0.452 e. The summed E-state index contributed by atoms with van der Waals surface area (Å²) in [6.45, 7) is 5.72. The van der Waals surface area contributed by atoms with Crippen molar-refractivity contribution in [2.45, 2.75) is 27.4 Å². The Bertz CT molecular complexity index is 1050. The molecule has 0 fully saturated rings. The third-order valence-electron chi connectivity index (χ3n) is 4.64. The highest BCUT2D eigenvalue weighted by Gasteiger charge is 2.17. The number of hydrogen-bond acceptors (Lipinski definition) is 5. The summed E-state index contributed by atoms with van der Waals surface area (Å²) < 4.78 is 12.0. The Morgan fingerprint density at radius 1 is 1.07 bits per heavy atom. The lowest BCUT2D eigenvalue weighted by Gasteiger charge is -2.09. The molecule has 3 aromatic rings. The smallest absolute Gasteiger partial charge is 0.338 e. The Hall–Kier alpha value is -3.45. The maximum Gasteiger partial charge on any atom is 0.338 e. The van der Waals surface area contributed by atoms with Crippen molar-refractivity contribution in [1.82, 2.24) is 9.78 Å². The Morgan fingerprint density at radius 2 is 1.80 bits per heavy atom. The van der Waals surface area contributed by atoms with Crippen LogP contribution in [0.4, 0.5) is 5.69 Å². The van der Waals surface area contributed by atoms with Crippen molar-refractivity contribution in [2.75, 3.05) is 19.0 Å². The van der Waals surface area contributed by atoms with Gasteiger partial charge in [-0.2, -0.15) is 5.10 Å². The number of nitrogens with zero attached hydrogens (tertiary/aromatic N) is 2. The summed E-state index contributed by atoms with van der Waals surface area (Å²) in [6.07, 6.45) is 0. The highest BCUT2D eigenvalue weighted by atomic mass is 16.5. The quantitative estimate of drug-likeness (QED) is 0.604. The minimum absolute atomic E-state index is 0.372. The van der Waals surface area contributed by atoms with E-state index in [1.165, 1.54) is 0 Å². The van der Waals surface area contributed by atoms with Crippen LogP contribution in [0, 0.1) is 20.8 Å². The van der Waals surface area contributed by atoms with E-state index in [2.05, 4.69) is 10.4 Å². The number of aromatic nitrogens is 2. The molecule has 1 heterocycles. The van der Waals surface area contributed by atoms with Gasteiger partial charge in [0.2, 0.25) is 0 Å². The van der Waals surface area contributed by atoms with E-state index >= 15 is 0 Å². The van der Waals surface area contributed by atoms with E-state index in [4.69, 9.17) is 9.47 Å². The molecule has 1 aromatic heterocycles. The summed E-state index contributed by atoms with van der Waals surface area (Å²) in [7, 11) is 1.58. The number of hydrogen-bond donors (Lipinski definition) is 1. The van der Waals surface area contributed by atoms with Crippen LogP contribution in [0.1, 0.15) is 32.9 Å². The zero-order valence-corrected chi connectivity index (χ0v) is 17.6. The number of ether oxygens (including phenoxy) is 2. The molecule has 3 rings (SSSR count). The summed E-state index contributed by atoms with van der Waals surface area (Å²) >= 11 is 0. The van der Waals surface area contributed by atoms with Crippen molar-refractivity contribution < 1.29 is 19.1 Å². The van der Waals surface area contributed by atoms with Crippen molar-refractivity contribution in [3.05, 3.63) is 76.6 Å². The number of carbonyl (C=O) groups is 2. The fourth-order valence-electron chi connectivity index (χ4n) is 3.11. The lowest BCUT2D eigenvalue weighted by Crippen LogP contribution is -2.21. The first kappa shape index (κ1) is 21.3. The summed E-state index contributed by atoms with van der Waals surface area (Å²) in [6, 6.07) is 14.9. The van der Waals surface area contributed by atoms with Crippen molar-refractivity contribution >= 4 is 17.6 Å². The van der Waals surface area contributed by atoms with Crippen LogP contribution in [-0.4, -0.2) is 35.4 Å². The number of amides is 1. The normalized spacial score (nSPS) is 10.7. The molecular formula is C23H25N3O4. The SMILES string of the molecule is COCc1cccc(C(=O)OCC(=O)Nc2c(C)nn(-c3ccc(C)cc3)c2C)c1. The Morgan fingerprint density at radius 3 is 2.50 bits per heavy atom. The first-order valence-electron chi connectivity index (χ1n) is 9.57. The standard InChI is InChI=1S/C23H25N3O4/c1-15-8-10-20(11-9-15)26-17(3)22(16(2)25-26)24-21(27)14-30-23(28)19-7-5-6-18(12-19)13-29-4/h5-12H,13-14H2,1-4H3,(H,24,27). The number of esters is 1. The molecule has 0 radical (unpaired) electrons. The molecule has 7 nitrogen and oxygen atoms in total. The molecule has 0 saturated heterocycles. The van der Waals surface area contributed by atoms with Crippen LogP contribution in [0.5, 0.6) is 0 Å². The minimum Gasteiger partial charge on any atom is -0.452 e. The van der Waals surface area contributed by atoms with E-state index < -0.39 is 11.9 Å². The van der Waals surface area contributed by atoms with Crippen LogP contribution < -0.4 is 5.32 Å². The molecule has 156 valence electrons. The zero-order chi connectivity index (χ0) is 21.7. The van der Waals surface area contributed by atoms with Gasteiger partial charge in [0.15, 0.2) is 6.61 Å². The van der Waals surface area contributed by atoms with Crippen LogP contribution in [0.25, 0.3) is 5.69 Å². The van der Waals surface area contributed by atoms with E-state index in [9.17, 15) is 9.59 Å². The van der Waals surface area contributed by atoms with Crippen LogP contribution in [-0.2, 0) is 20.9 Å². The second kappa shape index (κ2) is 9.37. The monoisotopic (exact) mass is 407 g/mol. The van der Waals surface area contributed by atoms with Gasteiger partial charge >= 0.3 is 5.97 Å². The van der Waals surface area contributed by atoms with E-state index in [-0.39, 0.29) is 6.61 Å². The number of benzene rings is 2. The molecule has 0 spiro atoms. The average Bonchev–Trinajstić information content (AvgIpc) is 3.01. The predicted molar refractivity (Wildman–Crippen MR) is 114 cm³/mol. The molecular weight excluding hydrogens is 382 g/mol. The summed E-state index contributed by atoms with van der Waals surface area (Å²) in [5.41, 5.74) is 5.37. The van der Waals surface area contributed by atoms with Crippen molar-refractivity contribution in [3.8, 4) is 5.69 Å². The lowest BCUT2D eigenvalue weighted by molar-refractivity contribution is -0.119. The molecule has 0 unspecified atom stereocenters. The fraction of sp³-hybridized carbons (Fsp3) is 0.261. The van der Waals surface area contributed by atoms with Gasteiger partial charge in [-0.3, -0.25) is 4.79 Å². The second-order valence-corrected chi connectivity index (χ2v) is 7.05. The van der Waals surface area contributed by atoms with Crippen molar-refractivity contribution in [1.29, 1.82) is 0 Å². The molecule has 0 aliphatic rings. The van der Waals surface area contributed by atoms with Gasteiger partial charge in [0.1, 0.15) is 0 Å². The number of aryl methyl sites for hydroxylation is 2. The third-order valence-corrected chi connectivity index (χ3v) is 4.64. The predicted octanol–water partition coefficient (Wildman–Crippen LogP) is 3.74. The zero-order valence-electron chi connectivity index (χ0n) is 17.6. The van der Waals surface area contributed by atoms with Gasteiger partial charge in [0.05, 0.1) is 34.9 Å². The van der Waals surface area contributed by atoms with E-state index in [1.807, 2.05) is 51.1 Å². The molecule has 0 saturated carbocycles. The molecule has 0 bridgehead atoms. The van der Waals surface area contributed by atoms with Crippen LogP contribution in [0.15, 0.2) is 48.5 Å². The molecule has 7 heteroatoms. The highest BCUT2D eigenvalue weighted by molar-refractivity contribution is 5.96. The Labute approximate surface area is 175 Å². The van der Waals surface area contributed by atoms with Crippen molar-refractivity contribution in [2.24, 2.45) is 0 Å². The van der Waals surface area contributed by atoms with E-state index in [1.54, 1.807) is 30.0 Å². The fourth-order valence-corrected chi connectivity index (χ4v) is 3.11. The molecule has 2 aromatic carbocycles. The molecule has 0 atom stereocenters. The number of carbonyl (C=O) groups excluding carboxylic acids is 2. The second-order valence-electron chi connectivity index (χ2n) is 7.05. The molecule has 30 heavy (non-hydrogen) atoms. The summed E-state index contributed by atoms with van der Waals surface area (Å²) in [4.78, 5) is 24.6. The first-order chi connectivity index (χ1) is 14.4. The van der Waals surface area contributed by atoms with Gasteiger partial charge in [0.25, 0.3) is 5.91 Å². The van der Waals surface area contributed by atoms with Crippen LogP contribution >= 0.6 is 0 Å². The molecule has 0 aliphatic carbocycles. The minimum atomic E-state index is -0.563. The van der Waals surface area contributed by atoms with Gasteiger partial charge in [-0.05, 0) is 50.6 Å². The van der Waals surface area contributed by atoms with Gasteiger partial charge in [-0.1, -0.05) is 29.8 Å². The number of rotatable bonds is 7. The first-order valence-corrected chi connectivity index (χ1v) is 9.57. The number of anilines is 1. The summed E-state index contributed by atoms with van der Waals surface area (Å²) in [5.74, 6) is -0.988. The van der Waals surface area contributed by atoms with Crippen molar-refractivity contribution in [3.63, 3.8) is 0 Å². The lowest BCUT2D eigenvalue weighted by atomic mass is 10.1. The maximum atomic E-state index is 12.4. The topological polar surface area (TPSA) is 82.4 Å². The van der Waals surface area contributed by atoms with Gasteiger partial charge in [-0.15, -0.1) is 0 Å². The van der Waals surface area contributed by atoms with E-state index in [0.29, 0.717) is 23.6 Å². The maximum absolute atomic E-state index is 12.4. The number of methoxy groups -OCH3 is 1. The third kappa shape index (κ3) is 4.93. The van der Waals surface area contributed by atoms with Gasteiger partial charge in [-0.25, -0.2) is 9.48 Å². The van der Waals surface area contributed by atoms with Crippen LogP contribution in [0.3, 0.4) is 0 Å². The molecule has 1 N–H and O–H groups in total. The molecule has 1 amide bonds.